The third-order valence-corrected chi connectivity index (χ3v) is 3.08. The van der Waals surface area contributed by atoms with Crippen molar-refractivity contribution in [1.29, 1.82) is 0 Å². The average Bonchev–Trinajstić information content (AvgIpc) is 2.58. The molecular formula is C12H19N3O4. The van der Waals surface area contributed by atoms with Crippen molar-refractivity contribution in [1.82, 2.24) is 15.1 Å². The Morgan fingerprint density at radius 2 is 2.05 bits per heavy atom. The zero-order chi connectivity index (χ0) is 14.6. The van der Waals surface area contributed by atoms with Crippen molar-refractivity contribution in [3.63, 3.8) is 0 Å². The minimum absolute atomic E-state index is 0.164. The maximum Gasteiger partial charge on any atom is 0.328 e. The Labute approximate surface area is 111 Å². The number of carbonyl (C=O) groups is 2. The minimum atomic E-state index is -1.25. The first-order chi connectivity index (χ1) is 8.86. The molecule has 0 fully saturated rings. The lowest BCUT2D eigenvalue weighted by atomic mass is 10.1. The van der Waals surface area contributed by atoms with Crippen LogP contribution in [0, 0.1) is 13.8 Å². The molecule has 0 saturated heterocycles. The summed E-state index contributed by atoms with van der Waals surface area (Å²) in [5.41, 5.74) is 2.85. The van der Waals surface area contributed by atoms with Gasteiger partial charge in [-0.3, -0.25) is 9.48 Å². The number of hydrogen-bond donors (Lipinski definition) is 3. The number of rotatable bonds is 6. The Morgan fingerprint density at radius 1 is 1.42 bits per heavy atom. The number of aliphatic hydroxyl groups excluding tert-OH is 1. The van der Waals surface area contributed by atoms with Crippen LogP contribution in [-0.4, -0.2) is 44.5 Å². The van der Waals surface area contributed by atoms with Gasteiger partial charge in [0, 0.05) is 19.2 Å². The molecule has 0 aliphatic carbocycles. The Balaban J connectivity index is 2.57. The summed E-state index contributed by atoms with van der Waals surface area (Å²) in [7, 11) is 1.83. The van der Waals surface area contributed by atoms with Gasteiger partial charge in [0.1, 0.15) is 6.04 Å². The molecule has 1 heterocycles. The highest BCUT2D eigenvalue weighted by atomic mass is 16.4. The summed E-state index contributed by atoms with van der Waals surface area (Å²) in [5, 5.41) is 24.0. The molecule has 0 aliphatic rings. The predicted molar refractivity (Wildman–Crippen MR) is 67.7 cm³/mol. The number of nitrogens with one attached hydrogen (secondary N) is 1. The van der Waals surface area contributed by atoms with E-state index in [-0.39, 0.29) is 6.42 Å². The summed E-state index contributed by atoms with van der Waals surface area (Å²) in [6.07, 6.45) is 0.659. The normalized spacial score (nSPS) is 12.2. The summed E-state index contributed by atoms with van der Waals surface area (Å²) in [6, 6.07) is -1.25. The van der Waals surface area contributed by atoms with E-state index < -0.39 is 24.5 Å². The van der Waals surface area contributed by atoms with Crippen LogP contribution >= 0.6 is 0 Å². The molecule has 0 aromatic carbocycles. The van der Waals surface area contributed by atoms with Gasteiger partial charge in [-0.2, -0.15) is 5.10 Å². The van der Waals surface area contributed by atoms with Crippen LogP contribution in [0.15, 0.2) is 0 Å². The lowest BCUT2D eigenvalue weighted by Crippen LogP contribution is -2.43. The number of aliphatic hydroxyl groups is 1. The van der Waals surface area contributed by atoms with E-state index in [9.17, 15) is 9.59 Å². The summed E-state index contributed by atoms with van der Waals surface area (Å²) >= 11 is 0. The quantitative estimate of drug-likeness (QED) is 0.647. The van der Waals surface area contributed by atoms with Crippen LogP contribution in [0.3, 0.4) is 0 Å². The molecule has 1 atom stereocenters. The number of aromatic nitrogens is 2. The molecule has 0 radical (unpaired) electrons. The largest absolute Gasteiger partial charge is 0.480 e. The summed E-state index contributed by atoms with van der Waals surface area (Å²) < 4.78 is 1.75. The number of nitrogens with zero attached hydrogens (tertiary/aromatic N) is 2. The fraction of sp³-hybridized carbons (Fsp3) is 0.583. The van der Waals surface area contributed by atoms with Gasteiger partial charge in [-0.1, -0.05) is 0 Å². The van der Waals surface area contributed by atoms with Crippen molar-refractivity contribution < 1.29 is 19.8 Å². The fourth-order valence-electron chi connectivity index (χ4n) is 1.87. The second kappa shape index (κ2) is 6.33. The van der Waals surface area contributed by atoms with Crippen molar-refractivity contribution in [3.05, 3.63) is 17.0 Å². The Bertz CT molecular complexity index is 482. The molecule has 7 heteroatoms. The van der Waals surface area contributed by atoms with E-state index in [1.54, 1.807) is 4.68 Å². The van der Waals surface area contributed by atoms with Gasteiger partial charge < -0.3 is 15.5 Å². The van der Waals surface area contributed by atoms with Crippen LogP contribution in [-0.2, 0) is 23.1 Å². The second-order valence-electron chi connectivity index (χ2n) is 4.41. The standard InChI is InChI=1S/C12H19N3O4/c1-7-9(8(2)15(3)14-7)4-5-11(17)13-10(6-16)12(18)19/h10,16H,4-6H2,1-3H3,(H,13,17)(H,18,19)/t10-/m0/s1. The van der Waals surface area contributed by atoms with Gasteiger partial charge in [0.2, 0.25) is 5.91 Å². The Hall–Kier alpha value is -1.89. The minimum Gasteiger partial charge on any atom is -0.480 e. The van der Waals surface area contributed by atoms with E-state index in [1.165, 1.54) is 0 Å². The molecule has 0 bridgehead atoms. The summed E-state index contributed by atoms with van der Waals surface area (Å²) in [4.78, 5) is 22.3. The van der Waals surface area contributed by atoms with Crippen molar-refractivity contribution >= 4 is 11.9 Å². The van der Waals surface area contributed by atoms with Crippen LogP contribution in [0.1, 0.15) is 23.4 Å². The Morgan fingerprint density at radius 3 is 2.47 bits per heavy atom. The second-order valence-corrected chi connectivity index (χ2v) is 4.41. The van der Waals surface area contributed by atoms with Crippen LogP contribution < -0.4 is 5.32 Å². The number of aryl methyl sites for hydroxylation is 2. The van der Waals surface area contributed by atoms with Crippen LogP contribution in [0.2, 0.25) is 0 Å². The molecule has 1 rings (SSSR count). The monoisotopic (exact) mass is 269 g/mol. The van der Waals surface area contributed by atoms with Gasteiger partial charge in [0.05, 0.1) is 12.3 Å². The molecule has 0 spiro atoms. The van der Waals surface area contributed by atoms with Crippen LogP contribution in [0.25, 0.3) is 0 Å². The molecule has 0 unspecified atom stereocenters. The van der Waals surface area contributed by atoms with E-state index >= 15 is 0 Å². The van der Waals surface area contributed by atoms with E-state index in [1.807, 2.05) is 20.9 Å². The van der Waals surface area contributed by atoms with Gasteiger partial charge in [-0.15, -0.1) is 0 Å². The molecule has 1 amide bonds. The van der Waals surface area contributed by atoms with Gasteiger partial charge >= 0.3 is 5.97 Å². The van der Waals surface area contributed by atoms with E-state index in [2.05, 4.69) is 10.4 Å². The molecule has 7 nitrogen and oxygen atoms in total. The van der Waals surface area contributed by atoms with E-state index in [0.29, 0.717) is 6.42 Å². The lowest BCUT2D eigenvalue weighted by Gasteiger charge is -2.11. The lowest BCUT2D eigenvalue weighted by molar-refractivity contribution is -0.142. The maximum absolute atomic E-state index is 11.6. The number of amides is 1. The predicted octanol–water partition coefficient (Wildman–Crippen LogP) is -0.469. The number of aliphatic carboxylic acids is 1. The average molecular weight is 269 g/mol. The number of hydrogen-bond acceptors (Lipinski definition) is 4. The molecule has 0 saturated carbocycles. The first-order valence-corrected chi connectivity index (χ1v) is 5.99. The molecule has 1 aromatic rings. The first kappa shape index (κ1) is 15.2. The summed E-state index contributed by atoms with van der Waals surface area (Å²) in [5.74, 6) is -1.64. The van der Waals surface area contributed by atoms with Gasteiger partial charge in [0.15, 0.2) is 0 Å². The van der Waals surface area contributed by atoms with Crippen LogP contribution in [0.4, 0.5) is 0 Å². The number of carbonyl (C=O) groups excluding carboxylic acids is 1. The van der Waals surface area contributed by atoms with Crippen molar-refractivity contribution in [2.45, 2.75) is 32.7 Å². The zero-order valence-corrected chi connectivity index (χ0v) is 11.3. The van der Waals surface area contributed by atoms with Gasteiger partial charge in [0.25, 0.3) is 0 Å². The van der Waals surface area contributed by atoms with Gasteiger partial charge in [-0.05, 0) is 25.8 Å². The molecule has 106 valence electrons. The highest BCUT2D eigenvalue weighted by Crippen LogP contribution is 2.13. The smallest absolute Gasteiger partial charge is 0.328 e. The maximum atomic E-state index is 11.6. The molecule has 3 N–H and O–H groups in total. The van der Waals surface area contributed by atoms with Crippen molar-refractivity contribution in [2.75, 3.05) is 6.61 Å². The number of carboxylic acids is 1. The molecule has 1 aromatic heterocycles. The zero-order valence-electron chi connectivity index (χ0n) is 11.3. The number of carboxylic acid groups (broad SMARTS) is 1. The van der Waals surface area contributed by atoms with Crippen molar-refractivity contribution in [3.8, 4) is 0 Å². The fourth-order valence-corrected chi connectivity index (χ4v) is 1.87. The Kier molecular flexibility index (Phi) is 5.05. The SMILES string of the molecule is Cc1nn(C)c(C)c1CCC(=O)N[C@@H](CO)C(=O)O. The first-order valence-electron chi connectivity index (χ1n) is 5.99. The highest BCUT2D eigenvalue weighted by Gasteiger charge is 2.19. The van der Waals surface area contributed by atoms with Crippen LogP contribution in [0.5, 0.6) is 0 Å². The third-order valence-electron chi connectivity index (χ3n) is 3.08. The molecular weight excluding hydrogens is 250 g/mol. The van der Waals surface area contributed by atoms with E-state index in [0.717, 1.165) is 17.0 Å². The highest BCUT2D eigenvalue weighted by molar-refractivity contribution is 5.83. The van der Waals surface area contributed by atoms with E-state index in [4.69, 9.17) is 10.2 Å². The topological polar surface area (TPSA) is 104 Å². The van der Waals surface area contributed by atoms with Gasteiger partial charge in [-0.25, -0.2) is 4.79 Å². The molecule has 0 aliphatic heterocycles. The van der Waals surface area contributed by atoms with Crippen molar-refractivity contribution in [2.24, 2.45) is 7.05 Å². The molecule has 19 heavy (non-hydrogen) atoms. The third kappa shape index (κ3) is 3.78. The summed E-state index contributed by atoms with van der Waals surface area (Å²) in [6.45, 7) is 3.17.